The molecule has 0 unspecified atom stereocenters. The third-order valence-electron chi connectivity index (χ3n) is 11.3. The first-order chi connectivity index (χ1) is 15.5. The first kappa shape index (κ1) is 25.9. The number of aliphatic hydroxyl groups is 3. The van der Waals surface area contributed by atoms with Crippen LogP contribution in [0, 0.1) is 46.3 Å². The third kappa shape index (κ3) is 4.80. The van der Waals surface area contributed by atoms with E-state index in [4.69, 9.17) is 9.84 Å². The minimum Gasteiger partial charge on any atom is -0.394 e. The molecule has 4 fully saturated rings. The van der Waals surface area contributed by atoms with E-state index < -0.39 is 5.60 Å². The molecule has 0 spiro atoms. The van der Waals surface area contributed by atoms with Gasteiger partial charge in [0.05, 0.1) is 31.0 Å². The monoisotopic (exact) mass is 464 g/mol. The fourth-order valence-electron chi connectivity index (χ4n) is 9.72. The summed E-state index contributed by atoms with van der Waals surface area (Å²) < 4.78 is 5.84. The molecule has 0 amide bonds. The summed E-state index contributed by atoms with van der Waals surface area (Å²) >= 11 is 0. The van der Waals surface area contributed by atoms with E-state index in [2.05, 4.69) is 20.8 Å². The lowest BCUT2D eigenvalue weighted by atomic mass is 9.44. The number of rotatable bonds is 8. The lowest BCUT2D eigenvalue weighted by molar-refractivity contribution is -0.186. The van der Waals surface area contributed by atoms with Crippen molar-refractivity contribution in [2.75, 3.05) is 13.2 Å². The van der Waals surface area contributed by atoms with Crippen molar-refractivity contribution in [1.29, 1.82) is 0 Å². The smallest absolute Gasteiger partial charge is 0.0838 e. The number of ether oxygens (including phenoxy) is 1. The zero-order valence-electron chi connectivity index (χ0n) is 22.1. The van der Waals surface area contributed by atoms with Gasteiger partial charge in [-0.15, -0.1) is 0 Å². The molecular weight excluding hydrogens is 412 g/mol. The van der Waals surface area contributed by atoms with Crippen LogP contribution in [0.25, 0.3) is 0 Å². The number of hydrogen-bond donors (Lipinski definition) is 3. The molecule has 4 saturated carbocycles. The van der Waals surface area contributed by atoms with Gasteiger partial charge >= 0.3 is 0 Å². The van der Waals surface area contributed by atoms with Gasteiger partial charge in [-0.2, -0.15) is 0 Å². The van der Waals surface area contributed by atoms with Crippen molar-refractivity contribution in [3.05, 3.63) is 0 Å². The van der Waals surface area contributed by atoms with E-state index in [-0.39, 0.29) is 24.2 Å². The van der Waals surface area contributed by atoms with E-state index in [1.54, 1.807) is 0 Å². The summed E-state index contributed by atoms with van der Waals surface area (Å²) in [5.74, 6) is 4.32. The lowest BCUT2D eigenvalue weighted by Crippen LogP contribution is -2.58. The maximum Gasteiger partial charge on any atom is 0.0838 e. The summed E-state index contributed by atoms with van der Waals surface area (Å²) in [6.45, 7) is 11.9. The van der Waals surface area contributed by atoms with Gasteiger partial charge in [0.1, 0.15) is 0 Å². The van der Waals surface area contributed by atoms with Crippen molar-refractivity contribution in [3.8, 4) is 0 Å². The fourth-order valence-corrected chi connectivity index (χ4v) is 9.72. The highest BCUT2D eigenvalue weighted by atomic mass is 16.5. The Kier molecular flexibility index (Phi) is 7.63. The second-order valence-corrected chi connectivity index (χ2v) is 13.6. The highest BCUT2D eigenvalue weighted by Crippen LogP contribution is 2.68. The van der Waals surface area contributed by atoms with Gasteiger partial charge in [-0.3, -0.25) is 0 Å². The second kappa shape index (κ2) is 9.71. The number of fused-ring (bicyclic) bond motifs is 5. The average Bonchev–Trinajstić information content (AvgIpc) is 3.09. The highest BCUT2D eigenvalue weighted by molar-refractivity contribution is 5.11. The van der Waals surface area contributed by atoms with Crippen molar-refractivity contribution in [1.82, 2.24) is 0 Å². The fraction of sp³-hybridized carbons (Fsp3) is 1.00. The van der Waals surface area contributed by atoms with Crippen molar-refractivity contribution in [2.45, 2.75) is 123 Å². The van der Waals surface area contributed by atoms with Crippen LogP contribution in [0.5, 0.6) is 0 Å². The van der Waals surface area contributed by atoms with Crippen LogP contribution in [0.1, 0.15) is 105 Å². The molecule has 0 saturated heterocycles. The molecule has 33 heavy (non-hydrogen) atoms. The van der Waals surface area contributed by atoms with E-state index in [1.807, 2.05) is 13.8 Å². The summed E-state index contributed by atoms with van der Waals surface area (Å²) in [6.07, 6.45) is 12.7. The maximum atomic E-state index is 11.2. The van der Waals surface area contributed by atoms with Crippen LogP contribution in [-0.4, -0.2) is 46.3 Å². The zero-order chi connectivity index (χ0) is 24.0. The van der Waals surface area contributed by atoms with Gasteiger partial charge in [-0.1, -0.05) is 33.6 Å². The minimum atomic E-state index is -0.541. The average molecular weight is 465 g/mol. The van der Waals surface area contributed by atoms with Crippen LogP contribution in [0.4, 0.5) is 0 Å². The van der Waals surface area contributed by atoms with Crippen molar-refractivity contribution in [3.63, 3.8) is 0 Å². The molecule has 4 aliphatic carbocycles. The summed E-state index contributed by atoms with van der Waals surface area (Å²) in [5.41, 5.74) is 0.165. The Morgan fingerprint density at radius 2 is 1.61 bits per heavy atom. The second-order valence-electron chi connectivity index (χ2n) is 13.6. The minimum absolute atomic E-state index is 0.0352. The quantitative estimate of drug-likeness (QED) is 0.439. The highest BCUT2D eigenvalue weighted by Gasteiger charge is 2.62. The molecule has 192 valence electrons. The molecule has 0 aromatic carbocycles. The first-order valence-corrected chi connectivity index (χ1v) is 14.1. The molecule has 4 rings (SSSR count). The van der Waals surface area contributed by atoms with E-state index in [0.717, 1.165) is 61.7 Å². The van der Waals surface area contributed by atoms with E-state index in [1.165, 1.54) is 38.5 Å². The van der Waals surface area contributed by atoms with Crippen molar-refractivity contribution in [2.24, 2.45) is 46.3 Å². The van der Waals surface area contributed by atoms with Gasteiger partial charge < -0.3 is 20.1 Å². The summed E-state index contributed by atoms with van der Waals surface area (Å²) in [7, 11) is 0. The first-order valence-electron chi connectivity index (χ1n) is 14.1. The van der Waals surface area contributed by atoms with Crippen LogP contribution in [-0.2, 0) is 4.74 Å². The Hall–Kier alpha value is -0.160. The molecule has 0 heterocycles. The Bertz CT molecular complexity index is 658. The molecule has 4 aliphatic rings. The van der Waals surface area contributed by atoms with Crippen molar-refractivity contribution >= 4 is 0 Å². The molecule has 0 radical (unpaired) electrons. The molecule has 4 nitrogen and oxygen atoms in total. The van der Waals surface area contributed by atoms with Gasteiger partial charge in [-0.05, 0) is 118 Å². The van der Waals surface area contributed by atoms with E-state index in [9.17, 15) is 10.2 Å². The summed E-state index contributed by atoms with van der Waals surface area (Å²) in [5, 5.41) is 30.5. The normalized spacial score (nSPS) is 46.4. The van der Waals surface area contributed by atoms with E-state index >= 15 is 0 Å². The molecule has 4 heteroatoms. The van der Waals surface area contributed by atoms with E-state index in [0.29, 0.717) is 17.9 Å². The van der Waals surface area contributed by atoms with Crippen LogP contribution < -0.4 is 0 Å². The number of aliphatic hydroxyl groups excluding tert-OH is 2. The predicted octanol–water partition coefficient (Wildman–Crippen LogP) is 5.57. The van der Waals surface area contributed by atoms with Crippen LogP contribution >= 0.6 is 0 Å². The molecule has 0 aromatic rings. The predicted molar refractivity (Wildman–Crippen MR) is 133 cm³/mol. The van der Waals surface area contributed by atoms with Gasteiger partial charge in [0.25, 0.3) is 0 Å². The molecule has 0 aliphatic heterocycles. The Labute approximate surface area is 202 Å². The summed E-state index contributed by atoms with van der Waals surface area (Å²) in [4.78, 5) is 0. The topological polar surface area (TPSA) is 69.9 Å². The Balaban J connectivity index is 1.43. The van der Waals surface area contributed by atoms with Crippen molar-refractivity contribution < 1.29 is 20.1 Å². The van der Waals surface area contributed by atoms with Gasteiger partial charge in [-0.25, -0.2) is 0 Å². The summed E-state index contributed by atoms with van der Waals surface area (Å²) in [6, 6.07) is 0. The standard InChI is InChI=1S/C29H52O4/c1-19(7-6-14-27(2,3)32)21-10-11-22-20-8-9-24-26(31)25(33-18-17-30)13-16-29(24,5)23(20)12-15-28(21,22)4/h19-26,30-32H,6-18H2,1-5H3/t19-,20+,21-,22+,23+,24+,25+,26-,28-,29-/m1/s1. The number of hydrogen-bond acceptors (Lipinski definition) is 4. The third-order valence-corrected chi connectivity index (χ3v) is 11.3. The SMILES string of the molecule is C[C@H](CCCC(C)(C)O)[C@H]1CC[C@H]2[C@@H]3CC[C@H]4[C@@H](O)[C@@H](OCCO)CC[C@]4(C)[C@H]3CC[C@]12C. The zero-order valence-corrected chi connectivity index (χ0v) is 22.1. The van der Waals surface area contributed by atoms with Gasteiger partial charge in [0, 0.05) is 0 Å². The van der Waals surface area contributed by atoms with Crippen LogP contribution in [0.2, 0.25) is 0 Å². The molecule has 0 bridgehead atoms. The lowest BCUT2D eigenvalue weighted by Gasteiger charge is -2.62. The Morgan fingerprint density at radius 1 is 0.939 bits per heavy atom. The van der Waals surface area contributed by atoms with Gasteiger partial charge in [0.2, 0.25) is 0 Å². The Morgan fingerprint density at radius 3 is 2.30 bits per heavy atom. The van der Waals surface area contributed by atoms with Crippen LogP contribution in [0.3, 0.4) is 0 Å². The molecule has 3 N–H and O–H groups in total. The van der Waals surface area contributed by atoms with Crippen LogP contribution in [0.15, 0.2) is 0 Å². The molecule has 10 atom stereocenters. The van der Waals surface area contributed by atoms with Gasteiger partial charge in [0.15, 0.2) is 0 Å². The molecule has 0 aromatic heterocycles. The largest absolute Gasteiger partial charge is 0.394 e. The maximum absolute atomic E-state index is 11.2. The molecular formula is C29H52O4.